The van der Waals surface area contributed by atoms with Gasteiger partial charge in [0.05, 0.1) is 6.10 Å². The Kier molecular flexibility index (Phi) is 4.84. The summed E-state index contributed by atoms with van der Waals surface area (Å²) in [6.07, 6.45) is 1.95. The second-order valence-electron chi connectivity index (χ2n) is 4.01. The van der Waals surface area contributed by atoms with Crippen molar-refractivity contribution in [3.05, 3.63) is 0 Å². The van der Waals surface area contributed by atoms with Crippen LogP contribution in [0.4, 0.5) is 4.79 Å². The number of nitrogens with two attached hydrogens (primary N) is 1. The van der Waals surface area contributed by atoms with E-state index in [-0.39, 0.29) is 18.2 Å². The van der Waals surface area contributed by atoms with Crippen LogP contribution in [0.25, 0.3) is 0 Å². The average Bonchev–Trinajstić information content (AvgIpc) is 2.26. The minimum absolute atomic E-state index is 0.0563. The van der Waals surface area contributed by atoms with Crippen LogP contribution in [-0.2, 0) is 0 Å². The largest absolute Gasteiger partial charge is 0.393 e. The van der Waals surface area contributed by atoms with Crippen LogP contribution in [0.5, 0.6) is 0 Å². The molecule has 1 unspecified atom stereocenters. The Hall–Kier alpha value is -0.810. The molecule has 0 aromatic carbocycles. The van der Waals surface area contributed by atoms with Crippen molar-refractivity contribution in [3.8, 4) is 0 Å². The molecule has 0 bridgehead atoms. The first-order valence-electron chi connectivity index (χ1n) is 5.61. The number of hydrogen-bond donors (Lipinski definition) is 3. The van der Waals surface area contributed by atoms with E-state index < -0.39 is 0 Å². The van der Waals surface area contributed by atoms with Gasteiger partial charge in [0, 0.05) is 25.7 Å². The van der Waals surface area contributed by atoms with Gasteiger partial charge < -0.3 is 21.1 Å². The molecule has 5 nitrogen and oxygen atoms in total. The molecule has 0 radical (unpaired) electrons. The Morgan fingerprint density at radius 2 is 2.20 bits per heavy atom. The normalized spacial score (nSPS) is 20.1. The molecule has 1 aliphatic heterocycles. The van der Waals surface area contributed by atoms with Gasteiger partial charge in [0.15, 0.2) is 0 Å². The second kappa shape index (κ2) is 5.92. The number of carbonyl (C=O) groups is 1. The Bertz CT molecular complexity index is 199. The number of amides is 2. The highest BCUT2D eigenvalue weighted by atomic mass is 16.3. The number of piperidine rings is 1. The molecular formula is C10H21N3O2. The highest BCUT2D eigenvalue weighted by Crippen LogP contribution is 2.09. The third-order valence-corrected chi connectivity index (χ3v) is 2.86. The average molecular weight is 215 g/mol. The molecule has 0 aliphatic carbocycles. The molecule has 15 heavy (non-hydrogen) atoms. The molecule has 1 heterocycles. The van der Waals surface area contributed by atoms with Crippen molar-refractivity contribution in [2.75, 3.05) is 19.6 Å². The van der Waals surface area contributed by atoms with Gasteiger partial charge in [-0.05, 0) is 19.3 Å². The number of aliphatic hydroxyl groups is 1. The number of aliphatic hydroxyl groups excluding tert-OH is 1. The summed E-state index contributed by atoms with van der Waals surface area (Å²) in [6.45, 7) is 3.73. The lowest BCUT2D eigenvalue weighted by atomic mass is 10.1. The van der Waals surface area contributed by atoms with E-state index in [0.29, 0.717) is 32.5 Å². The van der Waals surface area contributed by atoms with Crippen molar-refractivity contribution in [1.29, 1.82) is 0 Å². The third-order valence-electron chi connectivity index (χ3n) is 2.86. The summed E-state index contributed by atoms with van der Waals surface area (Å²) in [5.41, 5.74) is 5.51. The van der Waals surface area contributed by atoms with Crippen LogP contribution in [0.15, 0.2) is 0 Å². The molecule has 1 aliphatic rings. The fourth-order valence-electron chi connectivity index (χ4n) is 1.66. The van der Waals surface area contributed by atoms with Gasteiger partial charge in [-0.15, -0.1) is 0 Å². The minimum atomic E-state index is -0.245. The number of urea groups is 1. The molecular weight excluding hydrogens is 194 g/mol. The van der Waals surface area contributed by atoms with Gasteiger partial charge >= 0.3 is 6.03 Å². The summed E-state index contributed by atoms with van der Waals surface area (Å²) in [7, 11) is 0. The lowest BCUT2D eigenvalue weighted by molar-refractivity contribution is 0.0928. The SMILES string of the molecule is CCC(CN)NC(=O)N1CCC(O)CC1. The number of rotatable bonds is 3. The van der Waals surface area contributed by atoms with E-state index in [1.165, 1.54) is 0 Å². The first-order valence-corrected chi connectivity index (χ1v) is 5.61. The van der Waals surface area contributed by atoms with E-state index in [0.717, 1.165) is 6.42 Å². The molecule has 88 valence electrons. The number of likely N-dealkylation sites (tertiary alicyclic amines) is 1. The first-order chi connectivity index (χ1) is 7.17. The molecule has 1 rings (SSSR count). The molecule has 0 aromatic rings. The van der Waals surface area contributed by atoms with Crippen LogP contribution in [0.2, 0.25) is 0 Å². The molecule has 4 N–H and O–H groups in total. The van der Waals surface area contributed by atoms with Gasteiger partial charge in [0.1, 0.15) is 0 Å². The zero-order valence-corrected chi connectivity index (χ0v) is 9.28. The molecule has 1 saturated heterocycles. The van der Waals surface area contributed by atoms with Crippen LogP contribution in [0.3, 0.4) is 0 Å². The summed E-state index contributed by atoms with van der Waals surface area (Å²) in [6, 6.07) is 0.00329. The van der Waals surface area contributed by atoms with E-state index in [1.54, 1.807) is 4.90 Å². The summed E-state index contributed by atoms with van der Waals surface area (Å²) in [5, 5.41) is 12.2. The molecule has 1 atom stereocenters. The quantitative estimate of drug-likeness (QED) is 0.614. The van der Waals surface area contributed by atoms with Crippen molar-refractivity contribution in [2.24, 2.45) is 5.73 Å². The zero-order valence-electron chi connectivity index (χ0n) is 9.28. The summed E-state index contributed by atoms with van der Waals surface area (Å²) in [4.78, 5) is 13.5. The Balaban J connectivity index is 2.33. The molecule has 0 aromatic heterocycles. The monoisotopic (exact) mass is 215 g/mol. The maximum absolute atomic E-state index is 11.7. The Morgan fingerprint density at radius 1 is 1.60 bits per heavy atom. The van der Waals surface area contributed by atoms with Crippen LogP contribution in [-0.4, -0.2) is 47.8 Å². The molecule has 2 amide bonds. The van der Waals surface area contributed by atoms with Gasteiger partial charge in [-0.25, -0.2) is 4.79 Å². The van der Waals surface area contributed by atoms with Gasteiger partial charge in [0.2, 0.25) is 0 Å². The first kappa shape index (κ1) is 12.3. The van der Waals surface area contributed by atoms with E-state index in [9.17, 15) is 9.90 Å². The van der Waals surface area contributed by atoms with Gasteiger partial charge in [0.25, 0.3) is 0 Å². The zero-order chi connectivity index (χ0) is 11.3. The number of hydrogen-bond acceptors (Lipinski definition) is 3. The van der Waals surface area contributed by atoms with E-state index >= 15 is 0 Å². The maximum Gasteiger partial charge on any atom is 0.317 e. The van der Waals surface area contributed by atoms with E-state index in [4.69, 9.17) is 5.73 Å². The fraction of sp³-hybridized carbons (Fsp3) is 0.900. The van der Waals surface area contributed by atoms with Crippen LogP contribution in [0.1, 0.15) is 26.2 Å². The van der Waals surface area contributed by atoms with E-state index in [1.807, 2.05) is 6.92 Å². The topological polar surface area (TPSA) is 78.6 Å². The maximum atomic E-state index is 11.7. The Labute approximate surface area is 90.6 Å². The Morgan fingerprint density at radius 3 is 2.67 bits per heavy atom. The highest BCUT2D eigenvalue weighted by Gasteiger charge is 2.22. The second-order valence-corrected chi connectivity index (χ2v) is 4.01. The smallest absolute Gasteiger partial charge is 0.317 e. The number of carbonyl (C=O) groups excluding carboxylic acids is 1. The van der Waals surface area contributed by atoms with E-state index in [2.05, 4.69) is 5.32 Å². The lowest BCUT2D eigenvalue weighted by Gasteiger charge is -2.31. The lowest BCUT2D eigenvalue weighted by Crippen LogP contribution is -2.50. The summed E-state index contributed by atoms with van der Waals surface area (Å²) < 4.78 is 0. The van der Waals surface area contributed by atoms with Crippen molar-refractivity contribution in [3.63, 3.8) is 0 Å². The molecule has 0 spiro atoms. The summed E-state index contributed by atoms with van der Waals surface area (Å²) >= 11 is 0. The van der Waals surface area contributed by atoms with Crippen LogP contribution < -0.4 is 11.1 Å². The van der Waals surface area contributed by atoms with Gasteiger partial charge in [-0.2, -0.15) is 0 Å². The van der Waals surface area contributed by atoms with Crippen LogP contribution >= 0.6 is 0 Å². The summed E-state index contributed by atoms with van der Waals surface area (Å²) in [5.74, 6) is 0. The van der Waals surface area contributed by atoms with Crippen LogP contribution in [0, 0.1) is 0 Å². The van der Waals surface area contributed by atoms with Crippen molar-refractivity contribution >= 4 is 6.03 Å². The number of nitrogens with one attached hydrogen (secondary N) is 1. The molecule has 0 saturated carbocycles. The standard InChI is InChI=1S/C10H21N3O2/c1-2-8(7-11)12-10(15)13-5-3-9(14)4-6-13/h8-9,14H,2-7,11H2,1H3,(H,12,15). The predicted molar refractivity (Wildman–Crippen MR) is 58.5 cm³/mol. The van der Waals surface area contributed by atoms with Gasteiger partial charge in [-0.1, -0.05) is 6.92 Å². The van der Waals surface area contributed by atoms with Gasteiger partial charge in [-0.3, -0.25) is 0 Å². The molecule has 5 heteroatoms. The van der Waals surface area contributed by atoms with Crippen molar-refractivity contribution in [2.45, 2.75) is 38.3 Å². The van der Waals surface area contributed by atoms with Crippen molar-refractivity contribution < 1.29 is 9.90 Å². The van der Waals surface area contributed by atoms with Crippen molar-refractivity contribution in [1.82, 2.24) is 10.2 Å². The molecule has 1 fully saturated rings. The third kappa shape index (κ3) is 3.68. The number of nitrogens with zero attached hydrogens (tertiary/aromatic N) is 1. The fourth-order valence-corrected chi connectivity index (χ4v) is 1.66. The minimum Gasteiger partial charge on any atom is -0.393 e. The predicted octanol–water partition coefficient (Wildman–Crippen LogP) is -0.110. The highest BCUT2D eigenvalue weighted by molar-refractivity contribution is 5.74.